The van der Waals surface area contributed by atoms with Gasteiger partial charge in [-0.3, -0.25) is 4.79 Å². The molecule has 0 unspecified atom stereocenters. The number of hydrogen-bond donors (Lipinski definition) is 1. The van der Waals surface area contributed by atoms with Gasteiger partial charge >= 0.3 is 6.18 Å². The summed E-state index contributed by atoms with van der Waals surface area (Å²) in [4.78, 5) is 14.6. The van der Waals surface area contributed by atoms with E-state index in [1.165, 1.54) is 17.8 Å². The molecular weight excluding hydrogens is 415 g/mol. The minimum atomic E-state index is -4.47. The number of rotatable bonds is 6. The maximum atomic E-state index is 13.2. The van der Waals surface area contributed by atoms with E-state index < -0.39 is 11.7 Å². The lowest BCUT2D eigenvalue weighted by molar-refractivity contribution is -0.137. The molecule has 4 rings (SSSR count). The first-order valence-electron chi connectivity index (χ1n) is 10.1. The second kappa shape index (κ2) is 8.49. The van der Waals surface area contributed by atoms with Gasteiger partial charge in [0.25, 0.3) is 0 Å². The highest BCUT2D eigenvalue weighted by Crippen LogP contribution is 2.40. The van der Waals surface area contributed by atoms with Crippen molar-refractivity contribution in [2.45, 2.75) is 49.4 Å². The number of hydrogen-bond acceptors (Lipinski definition) is 5. The van der Waals surface area contributed by atoms with Gasteiger partial charge in [0.05, 0.1) is 22.7 Å². The second-order valence-corrected chi connectivity index (χ2v) is 8.73. The minimum Gasteiger partial charge on any atom is -0.370 e. The highest BCUT2D eigenvalue weighted by molar-refractivity contribution is 7.99. The molecule has 1 amide bonds. The molecule has 30 heavy (non-hydrogen) atoms. The second-order valence-electron chi connectivity index (χ2n) is 7.79. The zero-order valence-electron chi connectivity index (χ0n) is 16.7. The van der Waals surface area contributed by atoms with Crippen LogP contribution in [0.3, 0.4) is 0 Å². The average Bonchev–Trinajstić information content (AvgIpc) is 3.49. The van der Waals surface area contributed by atoms with Crippen molar-refractivity contribution in [2.75, 3.05) is 29.1 Å². The summed E-state index contributed by atoms with van der Waals surface area (Å²) in [6.07, 6.45) is 0.819. The summed E-state index contributed by atoms with van der Waals surface area (Å²) in [5, 5.41) is 11.6. The van der Waals surface area contributed by atoms with Crippen LogP contribution in [0.15, 0.2) is 23.4 Å². The molecule has 10 heteroatoms. The van der Waals surface area contributed by atoms with E-state index in [-0.39, 0.29) is 17.3 Å². The van der Waals surface area contributed by atoms with Crippen molar-refractivity contribution >= 4 is 29.0 Å². The summed E-state index contributed by atoms with van der Waals surface area (Å²) in [7, 11) is 1.87. The number of piperidine rings is 1. The van der Waals surface area contributed by atoms with E-state index in [0.717, 1.165) is 63.2 Å². The average molecular weight is 440 g/mol. The summed E-state index contributed by atoms with van der Waals surface area (Å²) in [5.41, 5.74) is 0.0678. The fourth-order valence-electron chi connectivity index (χ4n) is 3.69. The van der Waals surface area contributed by atoms with Crippen molar-refractivity contribution in [3.8, 4) is 0 Å². The summed E-state index contributed by atoms with van der Waals surface area (Å²) in [6, 6.07) is 3.56. The van der Waals surface area contributed by atoms with Crippen molar-refractivity contribution in [1.82, 2.24) is 14.8 Å². The molecule has 1 saturated heterocycles. The molecule has 1 aromatic carbocycles. The number of alkyl halides is 3. The number of nitrogens with zero attached hydrogens (tertiary/aromatic N) is 4. The predicted molar refractivity (Wildman–Crippen MR) is 110 cm³/mol. The maximum absolute atomic E-state index is 13.2. The van der Waals surface area contributed by atoms with E-state index in [9.17, 15) is 18.0 Å². The molecule has 2 aliphatic rings. The maximum Gasteiger partial charge on any atom is 0.416 e. The van der Waals surface area contributed by atoms with Gasteiger partial charge in [-0.2, -0.15) is 13.2 Å². The van der Waals surface area contributed by atoms with Crippen LogP contribution >= 0.6 is 11.8 Å². The first-order chi connectivity index (χ1) is 14.3. The Morgan fingerprint density at radius 2 is 1.93 bits per heavy atom. The number of amides is 1. The third-order valence-corrected chi connectivity index (χ3v) is 6.46. The predicted octanol–water partition coefficient (Wildman–Crippen LogP) is 4.43. The number of nitrogens with one attached hydrogen (secondary N) is 1. The van der Waals surface area contributed by atoms with E-state index in [4.69, 9.17) is 0 Å². The van der Waals surface area contributed by atoms with Crippen molar-refractivity contribution < 1.29 is 18.0 Å². The molecule has 1 aliphatic heterocycles. The molecule has 0 bridgehead atoms. The number of aromatic nitrogens is 3. The topological polar surface area (TPSA) is 63.1 Å². The van der Waals surface area contributed by atoms with Crippen molar-refractivity contribution in [3.05, 3.63) is 29.6 Å². The van der Waals surface area contributed by atoms with Crippen LogP contribution in [0.25, 0.3) is 0 Å². The van der Waals surface area contributed by atoms with E-state index >= 15 is 0 Å². The molecular formula is C20H24F3N5OS. The van der Waals surface area contributed by atoms with E-state index in [2.05, 4.69) is 15.5 Å². The van der Waals surface area contributed by atoms with Gasteiger partial charge in [-0.1, -0.05) is 11.8 Å². The van der Waals surface area contributed by atoms with Gasteiger partial charge in [-0.05, 0) is 50.3 Å². The van der Waals surface area contributed by atoms with Gasteiger partial charge < -0.3 is 14.8 Å². The lowest BCUT2D eigenvalue weighted by Gasteiger charge is -2.31. The number of carbonyl (C=O) groups is 1. The molecule has 1 saturated carbocycles. The zero-order chi connectivity index (χ0) is 21.3. The molecule has 1 aromatic heterocycles. The van der Waals surface area contributed by atoms with Crippen molar-refractivity contribution in [1.29, 1.82) is 0 Å². The van der Waals surface area contributed by atoms with Crippen LogP contribution in [0.1, 0.15) is 49.4 Å². The largest absolute Gasteiger partial charge is 0.416 e. The Kier molecular flexibility index (Phi) is 5.95. The fraction of sp³-hybridized carbons (Fsp3) is 0.550. The Hall–Kier alpha value is -2.23. The summed E-state index contributed by atoms with van der Waals surface area (Å²) >= 11 is 1.23. The first kappa shape index (κ1) is 21.0. The molecule has 0 atom stereocenters. The molecule has 0 radical (unpaired) electrons. The van der Waals surface area contributed by atoms with E-state index in [0.29, 0.717) is 16.8 Å². The summed E-state index contributed by atoms with van der Waals surface area (Å²) < 4.78 is 41.5. The molecule has 0 spiro atoms. The fourth-order valence-corrected chi connectivity index (χ4v) is 4.41. The summed E-state index contributed by atoms with van der Waals surface area (Å²) in [5.74, 6) is 1.05. The van der Waals surface area contributed by atoms with Crippen LogP contribution < -0.4 is 10.2 Å². The minimum absolute atomic E-state index is 0.0479. The van der Waals surface area contributed by atoms with Crippen molar-refractivity contribution in [2.24, 2.45) is 7.05 Å². The third-order valence-electron chi connectivity index (χ3n) is 5.44. The lowest BCUT2D eigenvalue weighted by Crippen LogP contribution is -2.30. The number of benzene rings is 1. The van der Waals surface area contributed by atoms with Crippen LogP contribution in [-0.4, -0.2) is 39.5 Å². The van der Waals surface area contributed by atoms with E-state index in [1.807, 2.05) is 16.5 Å². The van der Waals surface area contributed by atoms with Crippen molar-refractivity contribution in [3.63, 3.8) is 0 Å². The standard InChI is InChI=1S/C20H24F3N5OS/c1-27-18(13-5-6-13)25-26-19(27)30-12-17(29)24-15-11-14(20(21,22)23)7-8-16(15)28-9-3-2-4-10-28/h7-8,11,13H,2-6,9-10,12H2,1H3,(H,24,29). The highest BCUT2D eigenvalue weighted by Gasteiger charge is 2.32. The first-order valence-corrected chi connectivity index (χ1v) is 11.1. The van der Waals surface area contributed by atoms with Gasteiger partial charge in [0.2, 0.25) is 5.91 Å². The molecule has 6 nitrogen and oxygen atoms in total. The van der Waals surface area contributed by atoms with Crippen LogP contribution in [-0.2, 0) is 18.0 Å². The van der Waals surface area contributed by atoms with Crippen LogP contribution in [0.4, 0.5) is 24.5 Å². The molecule has 2 heterocycles. The zero-order valence-corrected chi connectivity index (χ0v) is 17.5. The SMILES string of the molecule is Cn1c(SCC(=O)Nc2cc(C(F)(F)F)ccc2N2CCCCC2)nnc1C1CC1. The smallest absolute Gasteiger partial charge is 0.370 e. The molecule has 1 N–H and O–H groups in total. The number of thioether (sulfide) groups is 1. The Labute approximate surface area is 177 Å². The quantitative estimate of drug-likeness (QED) is 0.675. The van der Waals surface area contributed by atoms with Gasteiger partial charge in [0.1, 0.15) is 5.82 Å². The van der Waals surface area contributed by atoms with Gasteiger partial charge in [-0.25, -0.2) is 0 Å². The number of halogens is 3. The van der Waals surface area contributed by atoms with Gasteiger partial charge in [0.15, 0.2) is 5.16 Å². The van der Waals surface area contributed by atoms with Gasteiger partial charge in [-0.15, -0.1) is 10.2 Å². The Morgan fingerprint density at radius 1 is 1.20 bits per heavy atom. The van der Waals surface area contributed by atoms with E-state index in [1.54, 1.807) is 0 Å². The molecule has 162 valence electrons. The number of carbonyl (C=O) groups excluding carboxylic acids is 1. The van der Waals surface area contributed by atoms with Crippen LogP contribution in [0.2, 0.25) is 0 Å². The van der Waals surface area contributed by atoms with Crippen LogP contribution in [0, 0.1) is 0 Å². The monoisotopic (exact) mass is 439 g/mol. The Balaban J connectivity index is 1.47. The Morgan fingerprint density at radius 3 is 2.60 bits per heavy atom. The molecule has 2 aromatic rings. The molecule has 1 aliphatic carbocycles. The lowest BCUT2D eigenvalue weighted by atomic mass is 10.1. The highest BCUT2D eigenvalue weighted by atomic mass is 32.2. The number of anilines is 2. The van der Waals surface area contributed by atoms with Gasteiger partial charge in [0, 0.05) is 26.1 Å². The summed E-state index contributed by atoms with van der Waals surface area (Å²) in [6.45, 7) is 1.54. The van der Waals surface area contributed by atoms with Crippen LogP contribution in [0.5, 0.6) is 0 Å². The normalized spacial score (nSPS) is 17.3. The Bertz CT molecular complexity index is 920. The third kappa shape index (κ3) is 4.74. The molecule has 2 fully saturated rings.